The van der Waals surface area contributed by atoms with Crippen LogP contribution in [-0.4, -0.2) is 62.0 Å². The van der Waals surface area contributed by atoms with Crippen LogP contribution in [0.2, 0.25) is 0 Å². The summed E-state index contributed by atoms with van der Waals surface area (Å²) in [4.78, 5) is 15.0. The van der Waals surface area contributed by atoms with Gasteiger partial charge in [-0.15, -0.1) is 0 Å². The third-order valence-electron chi connectivity index (χ3n) is 5.70. The zero-order chi connectivity index (χ0) is 17.6. The Hall–Kier alpha value is -1.60. The molecular weight excluding hydrogens is 338 g/mol. The Balaban J connectivity index is 1.58. The molecule has 6 nitrogen and oxygen atoms in total. The third kappa shape index (κ3) is 3.27. The Kier molecular flexibility index (Phi) is 4.24. The van der Waals surface area contributed by atoms with E-state index in [2.05, 4.69) is 5.32 Å². The van der Waals surface area contributed by atoms with Crippen molar-refractivity contribution in [3.63, 3.8) is 0 Å². The number of carbonyl (C=O) groups is 1. The average Bonchev–Trinajstić information content (AvgIpc) is 2.93. The van der Waals surface area contributed by atoms with Crippen LogP contribution in [0.25, 0.3) is 0 Å². The van der Waals surface area contributed by atoms with E-state index < -0.39 is 10.0 Å². The molecule has 0 spiro atoms. The molecule has 136 valence electrons. The maximum atomic E-state index is 13.1. The summed E-state index contributed by atoms with van der Waals surface area (Å²) in [5.41, 5.74) is 3.05. The number of rotatable bonds is 2. The molecule has 0 radical (unpaired) electrons. The Morgan fingerprint density at radius 2 is 2.04 bits per heavy atom. The number of amides is 1. The Labute approximate surface area is 149 Å². The first-order valence-electron chi connectivity index (χ1n) is 9.05. The van der Waals surface area contributed by atoms with Crippen molar-refractivity contribution >= 4 is 21.6 Å². The normalized spacial score (nSPS) is 26.7. The molecule has 2 bridgehead atoms. The minimum atomic E-state index is -3.21. The van der Waals surface area contributed by atoms with Gasteiger partial charge in [0.2, 0.25) is 10.0 Å². The fraction of sp³-hybridized carbons (Fsp3) is 0.611. The van der Waals surface area contributed by atoms with Gasteiger partial charge in [0.05, 0.1) is 6.26 Å². The molecule has 3 saturated heterocycles. The van der Waals surface area contributed by atoms with Crippen LogP contribution in [0.15, 0.2) is 18.2 Å². The predicted molar refractivity (Wildman–Crippen MR) is 97.2 cm³/mol. The number of nitrogens with zero attached hydrogens (tertiary/aromatic N) is 2. The number of hydrogen-bond donors (Lipinski definition) is 1. The first-order valence-corrected chi connectivity index (χ1v) is 10.9. The van der Waals surface area contributed by atoms with Gasteiger partial charge in [-0.05, 0) is 55.4 Å². The summed E-state index contributed by atoms with van der Waals surface area (Å²) in [6.07, 6.45) is 5.23. The summed E-state index contributed by atoms with van der Waals surface area (Å²) in [6, 6.07) is 5.89. The van der Waals surface area contributed by atoms with Crippen LogP contribution in [0.1, 0.15) is 35.2 Å². The Morgan fingerprint density at radius 3 is 2.84 bits per heavy atom. The molecule has 3 fully saturated rings. The highest BCUT2D eigenvalue weighted by molar-refractivity contribution is 7.88. The van der Waals surface area contributed by atoms with Crippen LogP contribution >= 0.6 is 0 Å². The number of hydrogen-bond acceptors (Lipinski definition) is 4. The number of aryl methyl sites for hydroxylation is 1. The monoisotopic (exact) mass is 363 g/mol. The summed E-state index contributed by atoms with van der Waals surface area (Å²) in [7, 11) is -3.21. The molecular formula is C18H25N3O3S. The fourth-order valence-electron chi connectivity index (χ4n) is 4.33. The Morgan fingerprint density at radius 1 is 1.20 bits per heavy atom. The number of anilines is 1. The number of sulfonamides is 1. The predicted octanol–water partition coefficient (Wildman–Crippen LogP) is 1.54. The highest BCUT2D eigenvalue weighted by atomic mass is 32.2. The van der Waals surface area contributed by atoms with Crippen molar-refractivity contribution < 1.29 is 13.2 Å². The lowest BCUT2D eigenvalue weighted by molar-refractivity contribution is 0.0588. The van der Waals surface area contributed by atoms with E-state index in [-0.39, 0.29) is 17.9 Å². The second-order valence-electron chi connectivity index (χ2n) is 7.54. The lowest BCUT2D eigenvalue weighted by Crippen LogP contribution is -2.47. The minimum absolute atomic E-state index is 0.0184. The van der Waals surface area contributed by atoms with E-state index >= 15 is 0 Å². The highest BCUT2D eigenvalue weighted by Crippen LogP contribution is 2.31. The van der Waals surface area contributed by atoms with Gasteiger partial charge >= 0.3 is 0 Å². The average molecular weight is 363 g/mol. The lowest BCUT2D eigenvalue weighted by Gasteiger charge is -2.36. The molecule has 1 aromatic carbocycles. The number of fused-ring (bicyclic) bond motifs is 5. The van der Waals surface area contributed by atoms with Gasteiger partial charge in [0.25, 0.3) is 5.91 Å². The van der Waals surface area contributed by atoms with Crippen LogP contribution in [0.4, 0.5) is 5.69 Å². The van der Waals surface area contributed by atoms with E-state index in [1.807, 2.05) is 23.1 Å². The molecule has 25 heavy (non-hydrogen) atoms. The van der Waals surface area contributed by atoms with Crippen molar-refractivity contribution in [1.29, 1.82) is 0 Å². The molecule has 1 amide bonds. The second kappa shape index (κ2) is 6.29. The molecule has 0 aromatic heterocycles. The maximum Gasteiger partial charge on any atom is 0.254 e. The maximum absolute atomic E-state index is 13.1. The molecule has 0 saturated carbocycles. The molecule has 4 aliphatic heterocycles. The van der Waals surface area contributed by atoms with E-state index in [1.54, 1.807) is 4.31 Å². The van der Waals surface area contributed by atoms with Crippen molar-refractivity contribution in [1.82, 2.24) is 9.21 Å². The second-order valence-corrected chi connectivity index (χ2v) is 9.52. The first kappa shape index (κ1) is 16.8. The highest BCUT2D eigenvalue weighted by Gasteiger charge is 2.39. The van der Waals surface area contributed by atoms with Crippen LogP contribution in [-0.2, 0) is 16.4 Å². The van der Waals surface area contributed by atoms with Crippen molar-refractivity contribution in [2.24, 2.45) is 5.92 Å². The van der Waals surface area contributed by atoms with Gasteiger partial charge in [-0.2, -0.15) is 4.31 Å². The van der Waals surface area contributed by atoms with Gasteiger partial charge in [-0.1, -0.05) is 0 Å². The van der Waals surface area contributed by atoms with Crippen molar-refractivity contribution in [3.05, 3.63) is 29.3 Å². The number of piperidine rings is 1. The lowest BCUT2D eigenvalue weighted by atomic mass is 9.93. The molecule has 7 heteroatoms. The van der Waals surface area contributed by atoms with Gasteiger partial charge in [0.1, 0.15) is 0 Å². The van der Waals surface area contributed by atoms with Gasteiger partial charge in [-0.3, -0.25) is 4.79 Å². The smallest absolute Gasteiger partial charge is 0.254 e. The Bertz CT molecular complexity index is 793. The third-order valence-corrected chi connectivity index (χ3v) is 6.94. The van der Waals surface area contributed by atoms with E-state index in [4.69, 9.17) is 0 Å². The molecule has 0 aliphatic carbocycles. The van der Waals surface area contributed by atoms with Crippen LogP contribution in [0.3, 0.4) is 0 Å². The van der Waals surface area contributed by atoms with Gasteiger partial charge in [-0.25, -0.2) is 8.42 Å². The van der Waals surface area contributed by atoms with E-state index in [0.29, 0.717) is 19.6 Å². The summed E-state index contributed by atoms with van der Waals surface area (Å²) in [5, 5.41) is 3.37. The summed E-state index contributed by atoms with van der Waals surface area (Å²) in [5.74, 6) is 0.273. The molecule has 4 aliphatic rings. The molecule has 2 atom stereocenters. The van der Waals surface area contributed by atoms with Crippen molar-refractivity contribution in [2.45, 2.75) is 31.7 Å². The SMILES string of the molecule is CS(=O)(=O)N1C[C@@H]2CC[C@H](C1)N(C(=O)c1ccc3c(c1)CCCN3)C2. The molecule has 5 rings (SSSR count). The topological polar surface area (TPSA) is 69.7 Å². The summed E-state index contributed by atoms with van der Waals surface area (Å²) < 4.78 is 25.5. The molecule has 1 aromatic rings. The van der Waals surface area contributed by atoms with Gasteiger partial charge in [0.15, 0.2) is 0 Å². The standard InChI is InChI=1S/C18H25N3O3S/c1-25(23,24)20-10-13-4-6-16(12-20)21(11-13)18(22)15-5-7-17-14(9-15)3-2-8-19-17/h5,7,9,13,16,19H,2-4,6,8,10-12H2,1H3/t13-,16+/m0/s1. The first-order chi connectivity index (χ1) is 11.9. The summed E-state index contributed by atoms with van der Waals surface area (Å²) in [6.45, 7) is 2.60. The van der Waals surface area contributed by atoms with Crippen LogP contribution < -0.4 is 5.32 Å². The van der Waals surface area contributed by atoms with Crippen LogP contribution in [0.5, 0.6) is 0 Å². The number of carbonyl (C=O) groups excluding carboxylic acids is 1. The molecule has 4 heterocycles. The number of nitrogens with one attached hydrogen (secondary N) is 1. The van der Waals surface area contributed by atoms with Crippen molar-refractivity contribution in [2.75, 3.05) is 37.8 Å². The van der Waals surface area contributed by atoms with Gasteiger partial charge < -0.3 is 10.2 Å². The number of benzene rings is 1. The summed E-state index contributed by atoms with van der Waals surface area (Å²) >= 11 is 0. The minimum Gasteiger partial charge on any atom is -0.385 e. The molecule has 1 N–H and O–H groups in total. The quantitative estimate of drug-likeness (QED) is 0.865. The van der Waals surface area contributed by atoms with Crippen LogP contribution in [0, 0.1) is 5.92 Å². The van der Waals surface area contributed by atoms with Gasteiger partial charge in [0, 0.05) is 43.5 Å². The zero-order valence-corrected chi connectivity index (χ0v) is 15.4. The fourth-order valence-corrected chi connectivity index (χ4v) is 5.26. The van der Waals surface area contributed by atoms with Crippen molar-refractivity contribution in [3.8, 4) is 0 Å². The van der Waals surface area contributed by atoms with E-state index in [1.165, 1.54) is 11.8 Å². The van der Waals surface area contributed by atoms with E-state index in [0.717, 1.165) is 43.5 Å². The largest absolute Gasteiger partial charge is 0.385 e. The zero-order valence-electron chi connectivity index (χ0n) is 14.6. The van der Waals surface area contributed by atoms with E-state index in [9.17, 15) is 13.2 Å². The molecule has 0 unspecified atom stereocenters.